The fraction of sp³-hybridized carbons (Fsp3) is 0.308. The third-order valence-electron chi connectivity index (χ3n) is 3.16. The van der Waals surface area contributed by atoms with Gasteiger partial charge in [0.05, 0.1) is 11.8 Å². The number of hydrogen-bond donors (Lipinski definition) is 4. The van der Waals surface area contributed by atoms with E-state index in [1.807, 2.05) is 13.8 Å². The molecule has 0 aliphatic rings. The monoisotopic (exact) mass is 308 g/mol. The molecule has 21 heavy (non-hydrogen) atoms. The zero-order chi connectivity index (χ0) is 15.6. The van der Waals surface area contributed by atoms with E-state index in [-0.39, 0.29) is 5.56 Å². The summed E-state index contributed by atoms with van der Waals surface area (Å²) >= 11 is 1.24. The van der Waals surface area contributed by atoms with Crippen LogP contribution in [-0.4, -0.2) is 27.3 Å². The number of hydrogen-bond acceptors (Lipinski definition) is 4. The van der Waals surface area contributed by atoms with Crippen molar-refractivity contribution in [1.82, 2.24) is 10.2 Å². The average Bonchev–Trinajstić information content (AvgIpc) is 2.95. The summed E-state index contributed by atoms with van der Waals surface area (Å²) in [4.78, 5) is 24.1. The summed E-state index contributed by atoms with van der Waals surface area (Å²) < 4.78 is 0. The van der Waals surface area contributed by atoms with Gasteiger partial charge in [0.2, 0.25) is 0 Å². The first-order valence-electron chi connectivity index (χ1n) is 6.37. The number of carboxylic acids is 1. The lowest BCUT2D eigenvalue weighted by atomic mass is 10.1. The van der Waals surface area contributed by atoms with Gasteiger partial charge < -0.3 is 5.11 Å². The lowest BCUT2D eigenvalue weighted by Crippen LogP contribution is -2.21. The molecule has 0 aliphatic carbocycles. The predicted octanol–water partition coefficient (Wildman–Crippen LogP) is 2.99. The van der Waals surface area contributed by atoms with Crippen LogP contribution in [0.3, 0.4) is 0 Å². The van der Waals surface area contributed by atoms with Crippen LogP contribution in [0.15, 0.2) is 6.20 Å². The van der Waals surface area contributed by atoms with Gasteiger partial charge in [-0.25, -0.2) is 9.59 Å². The van der Waals surface area contributed by atoms with Crippen LogP contribution in [0.4, 0.5) is 15.6 Å². The number of rotatable bonds is 4. The Morgan fingerprint density at radius 2 is 2.10 bits per heavy atom. The standard InChI is InChI=1S/C13H16N4O3S/c1-4-8-5-14-17-10(8)15-13(20)16-11-9(12(18)19)6(2)7(3)21-11/h5H,4H2,1-3H3,(H,18,19)(H3,14,15,16,17,20). The van der Waals surface area contributed by atoms with Crippen molar-refractivity contribution in [1.29, 1.82) is 0 Å². The van der Waals surface area contributed by atoms with Gasteiger partial charge in [-0.1, -0.05) is 6.92 Å². The maximum absolute atomic E-state index is 12.0. The second-order valence-electron chi connectivity index (χ2n) is 4.50. The highest BCUT2D eigenvalue weighted by Gasteiger charge is 2.20. The van der Waals surface area contributed by atoms with Crippen molar-refractivity contribution in [2.24, 2.45) is 0 Å². The van der Waals surface area contributed by atoms with Gasteiger partial charge in [0.1, 0.15) is 10.8 Å². The summed E-state index contributed by atoms with van der Waals surface area (Å²) in [7, 11) is 0. The zero-order valence-corrected chi connectivity index (χ0v) is 12.7. The summed E-state index contributed by atoms with van der Waals surface area (Å²) in [6, 6.07) is -0.502. The molecule has 2 amide bonds. The molecule has 112 valence electrons. The number of nitrogens with one attached hydrogen (secondary N) is 3. The Morgan fingerprint density at radius 1 is 1.38 bits per heavy atom. The van der Waals surface area contributed by atoms with E-state index in [4.69, 9.17) is 0 Å². The van der Waals surface area contributed by atoms with Crippen molar-refractivity contribution >= 4 is 34.2 Å². The molecule has 2 aromatic rings. The van der Waals surface area contributed by atoms with E-state index in [2.05, 4.69) is 20.8 Å². The summed E-state index contributed by atoms with van der Waals surface area (Å²) in [5, 5.41) is 21.3. The topological polar surface area (TPSA) is 107 Å². The third kappa shape index (κ3) is 3.05. The Labute approximate surface area is 125 Å². The molecule has 0 spiro atoms. The molecule has 0 aromatic carbocycles. The molecule has 4 N–H and O–H groups in total. The molecule has 0 aliphatic heterocycles. The first-order chi connectivity index (χ1) is 9.93. The van der Waals surface area contributed by atoms with Gasteiger partial charge >= 0.3 is 12.0 Å². The first kappa shape index (κ1) is 15.0. The van der Waals surface area contributed by atoms with E-state index >= 15 is 0 Å². The number of carbonyl (C=O) groups is 2. The fourth-order valence-electron chi connectivity index (χ4n) is 1.91. The molecule has 0 saturated heterocycles. The van der Waals surface area contributed by atoms with E-state index in [1.165, 1.54) is 11.3 Å². The van der Waals surface area contributed by atoms with Gasteiger partial charge in [0.25, 0.3) is 0 Å². The highest BCUT2D eigenvalue weighted by Crippen LogP contribution is 2.32. The number of aryl methyl sites for hydroxylation is 2. The highest BCUT2D eigenvalue weighted by atomic mass is 32.1. The molecule has 2 heterocycles. The molecule has 0 unspecified atom stereocenters. The lowest BCUT2D eigenvalue weighted by Gasteiger charge is -2.06. The van der Waals surface area contributed by atoms with Crippen LogP contribution >= 0.6 is 11.3 Å². The van der Waals surface area contributed by atoms with Crippen molar-refractivity contribution in [2.45, 2.75) is 27.2 Å². The minimum absolute atomic E-state index is 0.132. The van der Waals surface area contributed by atoms with E-state index < -0.39 is 12.0 Å². The molecule has 2 aromatic heterocycles. The minimum atomic E-state index is -1.05. The predicted molar refractivity (Wildman–Crippen MR) is 81.4 cm³/mol. The van der Waals surface area contributed by atoms with E-state index in [1.54, 1.807) is 13.1 Å². The van der Waals surface area contributed by atoms with E-state index in [9.17, 15) is 14.7 Å². The zero-order valence-electron chi connectivity index (χ0n) is 11.9. The number of amides is 2. The van der Waals surface area contributed by atoms with Gasteiger partial charge in [-0.05, 0) is 25.8 Å². The summed E-state index contributed by atoms with van der Waals surface area (Å²) in [6.07, 6.45) is 2.36. The van der Waals surface area contributed by atoms with Crippen molar-refractivity contribution in [3.63, 3.8) is 0 Å². The number of nitrogens with zero attached hydrogens (tertiary/aromatic N) is 1. The van der Waals surface area contributed by atoms with Crippen LogP contribution in [0.2, 0.25) is 0 Å². The highest BCUT2D eigenvalue weighted by molar-refractivity contribution is 7.16. The summed E-state index contributed by atoms with van der Waals surface area (Å²) in [5.74, 6) is -0.542. The average molecular weight is 308 g/mol. The van der Waals surface area contributed by atoms with Crippen LogP contribution in [0, 0.1) is 13.8 Å². The quantitative estimate of drug-likeness (QED) is 0.696. The van der Waals surface area contributed by atoms with Crippen molar-refractivity contribution < 1.29 is 14.7 Å². The Balaban J connectivity index is 2.17. The number of anilines is 2. The number of urea groups is 1. The van der Waals surface area contributed by atoms with Gasteiger partial charge in [0.15, 0.2) is 0 Å². The molecule has 0 saturated carbocycles. The number of aromatic amines is 1. The molecule has 0 radical (unpaired) electrons. The van der Waals surface area contributed by atoms with Crippen LogP contribution in [0.25, 0.3) is 0 Å². The molecule has 8 heteroatoms. The van der Waals surface area contributed by atoms with Gasteiger partial charge in [-0.2, -0.15) is 5.10 Å². The Bertz CT molecular complexity index is 690. The van der Waals surface area contributed by atoms with Crippen molar-refractivity contribution in [3.8, 4) is 0 Å². The summed E-state index contributed by atoms with van der Waals surface area (Å²) in [6.45, 7) is 5.49. The smallest absolute Gasteiger partial charge is 0.338 e. The fourth-order valence-corrected chi connectivity index (χ4v) is 2.96. The third-order valence-corrected chi connectivity index (χ3v) is 4.29. The van der Waals surface area contributed by atoms with Crippen LogP contribution in [0.1, 0.15) is 33.3 Å². The maximum atomic E-state index is 12.0. The van der Waals surface area contributed by atoms with E-state index in [0.29, 0.717) is 16.4 Å². The summed E-state index contributed by atoms with van der Waals surface area (Å²) in [5.41, 5.74) is 1.67. The van der Waals surface area contributed by atoms with Gasteiger partial charge in [0, 0.05) is 10.4 Å². The van der Waals surface area contributed by atoms with Gasteiger partial charge in [-0.3, -0.25) is 15.7 Å². The van der Waals surface area contributed by atoms with Crippen LogP contribution in [0.5, 0.6) is 0 Å². The first-order valence-corrected chi connectivity index (χ1v) is 7.19. The Hall–Kier alpha value is -2.35. The molecule has 0 atom stereocenters. The lowest BCUT2D eigenvalue weighted by molar-refractivity contribution is 0.0697. The number of aromatic nitrogens is 2. The Morgan fingerprint density at radius 3 is 2.71 bits per heavy atom. The number of thiophene rings is 1. The molecule has 0 bridgehead atoms. The van der Waals surface area contributed by atoms with Crippen LogP contribution < -0.4 is 10.6 Å². The largest absolute Gasteiger partial charge is 0.478 e. The maximum Gasteiger partial charge on any atom is 0.338 e. The molecular weight excluding hydrogens is 292 g/mol. The second-order valence-corrected chi connectivity index (χ2v) is 5.72. The normalized spacial score (nSPS) is 10.4. The second kappa shape index (κ2) is 5.96. The number of carbonyl (C=O) groups excluding carboxylic acids is 1. The number of aromatic carboxylic acids is 1. The van der Waals surface area contributed by atoms with Crippen molar-refractivity contribution in [2.75, 3.05) is 10.6 Å². The SMILES string of the molecule is CCc1cn[nH]c1NC(=O)Nc1sc(C)c(C)c1C(=O)O. The van der Waals surface area contributed by atoms with E-state index in [0.717, 1.165) is 16.9 Å². The molecule has 0 fully saturated rings. The van der Waals surface area contributed by atoms with Crippen LogP contribution in [-0.2, 0) is 6.42 Å². The molecule has 2 rings (SSSR count). The number of carboxylic acid groups (broad SMARTS) is 1. The Kier molecular flexibility index (Phi) is 4.27. The molecular formula is C13H16N4O3S. The molecule has 7 nitrogen and oxygen atoms in total. The number of H-pyrrole nitrogens is 1. The van der Waals surface area contributed by atoms with Crippen molar-refractivity contribution in [3.05, 3.63) is 27.8 Å². The van der Waals surface area contributed by atoms with Gasteiger partial charge in [-0.15, -0.1) is 11.3 Å². The minimum Gasteiger partial charge on any atom is -0.478 e.